The molecule has 1 aromatic carbocycles. The maximum Gasteiger partial charge on any atom is 0.305 e. The van der Waals surface area contributed by atoms with E-state index < -0.39 is 0 Å². The molecule has 21 heavy (non-hydrogen) atoms. The number of carbonyl (C=O) groups is 1. The van der Waals surface area contributed by atoms with Crippen molar-refractivity contribution < 1.29 is 9.53 Å². The Morgan fingerprint density at radius 2 is 2.10 bits per heavy atom. The van der Waals surface area contributed by atoms with Crippen molar-refractivity contribution in [3.8, 4) is 0 Å². The van der Waals surface area contributed by atoms with Gasteiger partial charge in [-0.25, -0.2) is 0 Å². The maximum absolute atomic E-state index is 10.9. The summed E-state index contributed by atoms with van der Waals surface area (Å²) in [7, 11) is 1.41. The minimum absolute atomic E-state index is 0.156. The Morgan fingerprint density at radius 1 is 1.33 bits per heavy atom. The van der Waals surface area contributed by atoms with E-state index in [1.165, 1.54) is 7.11 Å². The maximum atomic E-state index is 10.9. The van der Waals surface area contributed by atoms with Crippen molar-refractivity contribution >= 4 is 40.6 Å². The molecule has 0 fully saturated rings. The number of carbonyl (C=O) groups excluding carboxylic acids is 1. The predicted octanol–water partition coefficient (Wildman–Crippen LogP) is 3.67. The van der Waals surface area contributed by atoms with Crippen molar-refractivity contribution in [2.75, 3.05) is 19.0 Å². The molecule has 0 aliphatic carbocycles. The molecule has 0 aliphatic rings. The molecule has 0 amide bonds. The summed E-state index contributed by atoms with van der Waals surface area (Å²) in [6.45, 7) is 2.71. The van der Waals surface area contributed by atoms with Crippen molar-refractivity contribution in [1.29, 1.82) is 0 Å². The van der Waals surface area contributed by atoms with Crippen LogP contribution in [0.3, 0.4) is 0 Å². The molecule has 6 heteroatoms. The third-order valence-electron chi connectivity index (χ3n) is 3.09. The molecule has 4 nitrogen and oxygen atoms in total. The first-order chi connectivity index (χ1) is 10.0. The average molecular weight is 329 g/mol. The number of esters is 1. The molecule has 0 saturated heterocycles. The van der Waals surface area contributed by atoms with Gasteiger partial charge in [0.2, 0.25) is 0 Å². The van der Waals surface area contributed by atoms with Gasteiger partial charge in [-0.05, 0) is 49.7 Å². The number of rotatable bonds is 7. The van der Waals surface area contributed by atoms with Crippen LogP contribution in [0.25, 0.3) is 0 Å². The van der Waals surface area contributed by atoms with E-state index >= 15 is 0 Å². The summed E-state index contributed by atoms with van der Waals surface area (Å²) < 4.78 is 4.59. The minimum atomic E-state index is -0.156. The Bertz CT molecular complexity index is 495. The number of hydrogen-bond donors (Lipinski definition) is 2. The van der Waals surface area contributed by atoms with E-state index in [2.05, 4.69) is 15.4 Å². The molecule has 0 aliphatic heterocycles. The summed E-state index contributed by atoms with van der Waals surface area (Å²) in [4.78, 5) is 10.9. The second-order valence-electron chi connectivity index (χ2n) is 4.68. The number of methoxy groups -OCH3 is 1. The van der Waals surface area contributed by atoms with Crippen LogP contribution in [0.1, 0.15) is 31.2 Å². The van der Waals surface area contributed by atoms with Gasteiger partial charge in [-0.15, -0.1) is 0 Å². The van der Waals surface area contributed by atoms with Gasteiger partial charge in [-0.1, -0.05) is 24.1 Å². The molecule has 0 spiro atoms. The number of thiocarbonyl (C=S) groups is 1. The third kappa shape index (κ3) is 6.78. The topological polar surface area (TPSA) is 50.4 Å². The zero-order chi connectivity index (χ0) is 15.7. The van der Waals surface area contributed by atoms with Crippen LogP contribution in [0.4, 0.5) is 5.69 Å². The van der Waals surface area contributed by atoms with Crippen LogP contribution in [-0.2, 0) is 9.53 Å². The van der Waals surface area contributed by atoms with Gasteiger partial charge in [0.15, 0.2) is 5.11 Å². The molecule has 0 radical (unpaired) electrons. The predicted molar refractivity (Wildman–Crippen MR) is 90.9 cm³/mol. The van der Waals surface area contributed by atoms with Gasteiger partial charge >= 0.3 is 5.97 Å². The number of benzene rings is 1. The number of nitrogens with one attached hydrogen (secondary N) is 2. The summed E-state index contributed by atoms with van der Waals surface area (Å²) in [6, 6.07) is 5.67. The Hall–Kier alpha value is -1.33. The molecular formula is C15H21ClN2O2S. The first-order valence-electron chi connectivity index (χ1n) is 6.91. The lowest BCUT2D eigenvalue weighted by atomic mass is 10.2. The zero-order valence-electron chi connectivity index (χ0n) is 12.4. The lowest BCUT2D eigenvalue weighted by molar-refractivity contribution is -0.140. The SMILES string of the molecule is COC(=O)CCCCCNC(=S)Nc1cccc(Cl)c1C. The molecule has 1 rings (SSSR count). The fraction of sp³-hybridized carbons (Fsp3) is 0.467. The fourth-order valence-corrected chi connectivity index (χ4v) is 2.17. The van der Waals surface area contributed by atoms with Gasteiger partial charge in [0.1, 0.15) is 0 Å². The second kappa shape index (κ2) is 9.58. The second-order valence-corrected chi connectivity index (χ2v) is 5.50. The van der Waals surface area contributed by atoms with Crippen molar-refractivity contribution in [2.45, 2.75) is 32.6 Å². The molecule has 0 unspecified atom stereocenters. The van der Waals surface area contributed by atoms with Crippen LogP contribution in [-0.4, -0.2) is 24.7 Å². The average Bonchev–Trinajstić information content (AvgIpc) is 2.47. The Kier molecular flexibility index (Phi) is 8.08. The normalized spacial score (nSPS) is 10.0. The number of hydrogen-bond acceptors (Lipinski definition) is 3. The molecule has 0 heterocycles. The molecule has 0 aromatic heterocycles. The first kappa shape index (κ1) is 17.7. The van der Waals surface area contributed by atoms with E-state index in [1.807, 2.05) is 25.1 Å². The fourth-order valence-electron chi connectivity index (χ4n) is 1.78. The van der Waals surface area contributed by atoms with Crippen LogP contribution < -0.4 is 10.6 Å². The van der Waals surface area contributed by atoms with Crippen LogP contribution in [0, 0.1) is 6.92 Å². The van der Waals surface area contributed by atoms with Crippen LogP contribution in [0.5, 0.6) is 0 Å². The van der Waals surface area contributed by atoms with Gasteiger partial charge in [0.25, 0.3) is 0 Å². The Balaban J connectivity index is 2.20. The first-order valence-corrected chi connectivity index (χ1v) is 7.70. The number of halogens is 1. The Labute approximate surface area is 136 Å². The lowest BCUT2D eigenvalue weighted by Gasteiger charge is -2.13. The molecule has 0 atom stereocenters. The van der Waals surface area contributed by atoms with Gasteiger partial charge < -0.3 is 15.4 Å². The summed E-state index contributed by atoms with van der Waals surface area (Å²) in [5.74, 6) is -0.156. The van der Waals surface area contributed by atoms with Gasteiger partial charge in [0, 0.05) is 23.7 Å². The molecule has 1 aromatic rings. The van der Waals surface area contributed by atoms with Crippen LogP contribution in [0.2, 0.25) is 5.02 Å². The van der Waals surface area contributed by atoms with Gasteiger partial charge in [-0.3, -0.25) is 4.79 Å². The summed E-state index contributed by atoms with van der Waals surface area (Å²) in [6.07, 6.45) is 3.22. The standard InChI is InChI=1S/C15H21ClN2O2S/c1-11-12(16)7-6-8-13(11)18-15(21)17-10-5-3-4-9-14(19)20-2/h6-8H,3-5,9-10H2,1-2H3,(H2,17,18,21). The van der Waals surface area contributed by atoms with Crippen LogP contribution >= 0.6 is 23.8 Å². The van der Waals surface area contributed by atoms with Crippen molar-refractivity contribution in [3.63, 3.8) is 0 Å². The van der Waals surface area contributed by atoms with Crippen molar-refractivity contribution in [1.82, 2.24) is 5.32 Å². The highest BCUT2D eigenvalue weighted by Gasteiger charge is 2.04. The monoisotopic (exact) mass is 328 g/mol. The summed E-state index contributed by atoms with van der Waals surface area (Å²) in [5.41, 5.74) is 1.88. The van der Waals surface area contributed by atoms with E-state index in [0.717, 1.165) is 37.1 Å². The number of unbranched alkanes of at least 4 members (excludes halogenated alkanes) is 2. The minimum Gasteiger partial charge on any atom is -0.469 e. The van der Waals surface area contributed by atoms with E-state index in [1.54, 1.807) is 0 Å². The number of ether oxygens (including phenoxy) is 1. The lowest BCUT2D eigenvalue weighted by Crippen LogP contribution is -2.29. The zero-order valence-corrected chi connectivity index (χ0v) is 13.9. The van der Waals surface area contributed by atoms with Crippen molar-refractivity contribution in [3.05, 3.63) is 28.8 Å². The smallest absolute Gasteiger partial charge is 0.305 e. The third-order valence-corrected chi connectivity index (χ3v) is 3.74. The summed E-state index contributed by atoms with van der Waals surface area (Å²) in [5, 5.41) is 7.56. The van der Waals surface area contributed by atoms with Crippen LogP contribution in [0.15, 0.2) is 18.2 Å². The van der Waals surface area contributed by atoms with E-state index in [4.69, 9.17) is 23.8 Å². The van der Waals surface area contributed by atoms with E-state index in [9.17, 15) is 4.79 Å². The Morgan fingerprint density at radius 3 is 2.81 bits per heavy atom. The van der Waals surface area contributed by atoms with E-state index in [0.29, 0.717) is 16.6 Å². The van der Waals surface area contributed by atoms with Gasteiger partial charge in [-0.2, -0.15) is 0 Å². The molecular weight excluding hydrogens is 308 g/mol. The molecule has 0 bridgehead atoms. The highest BCUT2D eigenvalue weighted by Crippen LogP contribution is 2.22. The van der Waals surface area contributed by atoms with Crippen molar-refractivity contribution in [2.24, 2.45) is 0 Å². The summed E-state index contributed by atoms with van der Waals surface area (Å²) >= 11 is 11.3. The number of anilines is 1. The molecule has 2 N–H and O–H groups in total. The van der Waals surface area contributed by atoms with E-state index in [-0.39, 0.29) is 5.97 Å². The molecule has 116 valence electrons. The largest absolute Gasteiger partial charge is 0.469 e. The highest BCUT2D eigenvalue weighted by molar-refractivity contribution is 7.80. The highest BCUT2D eigenvalue weighted by atomic mass is 35.5. The van der Waals surface area contributed by atoms with Gasteiger partial charge in [0.05, 0.1) is 7.11 Å². The molecule has 0 saturated carbocycles. The quantitative estimate of drug-likeness (QED) is 0.454.